The molecule has 0 saturated carbocycles. The molecule has 0 aliphatic carbocycles. The first kappa shape index (κ1) is 14.2. The van der Waals surface area contributed by atoms with E-state index in [1.54, 1.807) is 30.3 Å². The Morgan fingerprint density at radius 2 is 1.95 bits per heavy atom. The van der Waals surface area contributed by atoms with E-state index < -0.39 is 0 Å². The molecule has 0 aliphatic rings. The van der Waals surface area contributed by atoms with Crippen LogP contribution in [0.4, 0.5) is 8.78 Å². The van der Waals surface area contributed by atoms with Crippen LogP contribution < -0.4 is 5.32 Å². The highest BCUT2D eigenvalue weighted by molar-refractivity contribution is 9.10. The lowest BCUT2D eigenvalue weighted by atomic mass is 10.0. The van der Waals surface area contributed by atoms with Gasteiger partial charge in [-0.2, -0.15) is 0 Å². The number of nitrogens with one attached hydrogen (secondary N) is 1. The number of halogens is 3. The molecule has 0 aliphatic heterocycles. The minimum Gasteiger partial charge on any atom is -0.313 e. The van der Waals surface area contributed by atoms with Crippen molar-refractivity contribution in [1.82, 2.24) is 5.32 Å². The van der Waals surface area contributed by atoms with E-state index in [-0.39, 0.29) is 11.6 Å². The molecule has 0 atom stereocenters. The van der Waals surface area contributed by atoms with Gasteiger partial charge in [-0.25, -0.2) is 8.78 Å². The summed E-state index contributed by atoms with van der Waals surface area (Å²) in [5.41, 5.74) is 1.51. The van der Waals surface area contributed by atoms with Crippen molar-refractivity contribution in [2.75, 3.05) is 6.54 Å². The van der Waals surface area contributed by atoms with Gasteiger partial charge in [0.05, 0.1) is 4.47 Å². The zero-order chi connectivity index (χ0) is 13.8. The molecule has 1 N–H and O–H groups in total. The molecule has 2 aromatic carbocycles. The van der Waals surface area contributed by atoms with Crippen LogP contribution in [0.3, 0.4) is 0 Å². The topological polar surface area (TPSA) is 12.0 Å². The van der Waals surface area contributed by atoms with Crippen molar-refractivity contribution in [2.45, 2.75) is 13.5 Å². The van der Waals surface area contributed by atoms with Crippen molar-refractivity contribution >= 4 is 15.9 Å². The van der Waals surface area contributed by atoms with E-state index in [4.69, 9.17) is 0 Å². The highest BCUT2D eigenvalue weighted by Gasteiger charge is 2.10. The van der Waals surface area contributed by atoms with Gasteiger partial charge in [-0.1, -0.05) is 31.2 Å². The fourth-order valence-electron chi connectivity index (χ4n) is 1.84. The van der Waals surface area contributed by atoms with Gasteiger partial charge in [-0.15, -0.1) is 0 Å². The fraction of sp³-hybridized carbons (Fsp3) is 0.200. The maximum atomic E-state index is 13.9. The zero-order valence-corrected chi connectivity index (χ0v) is 12.1. The third kappa shape index (κ3) is 3.19. The van der Waals surface area contributed by atoms with Crippen LogP contribution in [0.2, 0.25) is 0 Å². The van der Waals surface area contributed by atoms with Gasteiger partial charge in [0.15, 0.2) is 0 Å². The standard InChI is InChI=1S/C15H14BrF2N/c1-2-19-9-11-7-6-10(8-14(11)17)12-4-3-5-13(16)15(12)18/h3-8,19H,2,9H2,1H3. The first-order chi connectivity index (χ1) is 9.13. The summed E-state index contributed by atoms with van der Waals surface area (Å²) in [6, 6.07) is 9.78. The lowest BCUT2D eigenvalue weighted by molar-refractivity contribution is 0.593. The predicted octanol–water partition coefficient (Wildman–Crippen LogP) is 4.50. The Kier molecular flexibility index (Phi) is 4.66. The van der Waals surface area contributed by atoms with Gasteiger partial charge in [0.25, 0.3) is 0 Å². The molecule has 0 saturated heterocycles. The summed E-state index contributed by atoms with van der Waals surface area (Å²) in [6.45, 7) is 3.22. The minimum absolute atomic E-state index is 0.321. The molecule has 0 unspecified atom stereocenters. The molecular formula is C15H14BrF2N. The lowest BCUT2D eigenvalue weighted by Crippen LogP contribution is -2.12. The van der Waals surface area contributed by atoms with E-state index in [1.165, 1.54) is 6.07 Å². The fourth-order valence-corrected chi connectivity index (χ4v) is 2.21. The summed E-state index contributed by atoms with van der Waals surface area (Å²) in [6.07, 6.45) is 0. The Morgan fingerprint density at radius 1 is 1.16 bits per heavy atom. The normalized spacial score (nSPS) is 10.7. The number of hydrogen-bond donors (Lipinski definition) is 1. The molecule has 19 heavy (non-hydrogen) atoms. The number of rotatable bonds is 4. The van der Waals surface area contributed by atoms with Gasteiger partial charge in [-0.3, -0.25) is 0 Å². The van der Waals surface area contributed by atoms with Crippen molar-refractivity contribution in [3.05, 3.63) is 58.1 Å². The molecule has 0 heterocycles. The molecule has 0 fully saturated rings. The van der Waals surface area contributed by atoms with E-state index >= 15 is 0 Å². The van der Waals surface area contributed by atoms with E-state index in [0.717, 1.165) is 6.54 Å². The Bertz CT molecular complexity index is 584. The maximum absolute atomic E-state index is 13.9. The Morgan fingerprint density at radius 3 is 2.63 bits per heavy atom. The van der Waals surface area contributed by atoms with Gasteiger partial charge in [0.1, 0.15) is 11.6 Å². The van der Waals surface area contributed by atoms with Crippen LogP contribution in [0.5, 0.6) is 0 Å². The average molecular weight is 326 g/mol. The highest BCUT2D eigenvalue weighted by atomic mass is 79.9. The van der Waals surface area contributed by atoms with Gasteiger partial charge < -0.3 is 5.32 Å². The smallest absolute Gasteiger partial charge is 0.145 e. The van der Waals surface area contributed by atoms with Crippen molar-refractivity contribution in [3.63, 3.8) is 0 Å². The molecule has 2 aromatic rings. The third-order valence-corrected chi connectivity index (χ3v) is 3.49. The van der Waals surface area contributed by atoms with Crippen LogP contribution in [0.15, 0.2) is 40.9 Å². The van der Waals surface area contributed by atoms with Crippen LogP contribution in [0, 0.1) is 11.6 Å². The van der Waals surface area contributed by atoms with Gasteiger partial charge in [0, 0.05) is 17.7 Å². The summed E-state index contributed by atoms with van der Waals surface area (Å²) < 4.78 is 28.2. The summed E-state index contributed by atoms with van der Waals surface area (Å²) >= 11 is 3.13. The van der Waals surface area contributed by atoms with Crippen LogP contribution >= 0.6 is 15.9 Å². The van der Waals surface area contributed by atoms with Crippen molar-refractivity contribution in [3.8, 4) is 11.1 Å². The first-order valence-corrected chi connectivity index (χ1v) is 6.86. The zero-order valence-electron chi connectivity index (χ0n) is 10.5. The molecular weight excluding hydrogens is 312 g/mol. The molecule has 4 heteroatoms. The predicted molar refractivity (Wildman–Crippen MR) is 76.9 cm³/mol. The third-order valence-electron chi connectivity index (χ3n) is 2.88. The van der Waals surface area contributed by atoms with Crippen LogP contribution in [-0.4, -0.2) is 6.54 Å². The van der Waals surface area contributed by atoms with Crippen molar-refractivity contribution in [2.24, 2.45) is 0 Å². The van der Waals surface area contributed by atoms with Crippen LogP contribution in [0.25, 0.3) is 11.1 Å². The monoisotopic (exact) mass is 325 g/mol. The molecule has 0 radical (unpaired) electrons. The van der Waals surface area contributed by atoms with Crippen LogP contribution in [0.1, 0.15) is 12.5 Å². The lowest BCUT2D eigenvalue weighted by Gasteiger charge is -2.08. The molecule has 0 spiro atoms. The van der Waals surface area contributed by atoms with E-state index in [1.807, 2.05) is 6.92 Å². The van der Waals surface area contributed by atoms with Crippen molar-refractivity contribution < 1.29 is 8.78 Å². The summed E-state index contributed by atoms with van der Waals surface area (Å²) in [5.74, 6) is -0.695. The molecule has 100 valence electrons. The molecule has 1 nitrogen and oxygen atoms in total. The van der Waals surface area contributed by atoms with Gasteiger partial charge >= 0.3 is 0 Å². The Hall–Kier alpha value is -1.26. The molecule has 0 bridgehead atoms. The first-order valence-electron chi connectivity index (χ1n) is 6.07. The van der Waals surface area contributed by atoms with E-state index in [9.17, 15) is 8.78 Å². The summed E-state index contributed by atoms with van der Waals surface area (Å²) in [4.78, 5) is 0. The highest BCUT2D eigenvalue weighted by Crippen LogP contribution is 2.28. The average Bonchev–Trinajstić information content (AvgIpc) is 2.40. The summed E-state index contributed by atoms with van der Waals surface area (Å²) in [5, 5.41) is 3.06. The van der Waals surface area contributed by atoms with Crippen molar-refractivity contribution in [1.29, 1.82) is 0 Å². The Balaban J connectivity index is 2.36. The minimum atomic E-state index is -0.374. The van der Waals surface area contributed by atoms with E-state index in [2.05, 4.69) is 21.2 Å². The maximum Gasteiger partial charge on any atom is 0.145 e. The van der Waals surface area contributed by atoms with Gasteiger partial charge in [-0.05, 0) is 40.2 Å². The van der Waals surface area contributed by atoms with Gasteiger partial charge in [0.2, 0.25) is 0 Å². The molecule has 0 aromatic heterocycles. The number of hydrogen-bond acceptors (Lipinski definition) is 1. The second kappa shape index (κ2) is 6.26. The quantitative estimate of drug-likeness (QED) is 0.872. The second-order valence-corrected chi connectivity index (χ2v) is 5.04. The second-order valence-electron chi connectivity index (χ2n) is 4.19. The largest absolute Gasteiger partial charge is 0.313 e. The Labute approximate surface area is 119 Å². The molecule has 0 amide bonds. The molecule has 2 rings (SSSR count). The SMILES string of the molecule is CCNCc1ccc(-c2cccc(Br)c2F)cc1F. The summed E-state index contributed by atoms with van der Waals surface area (Å²) in [7, 11) is 0. The van der Waals surface area contributed by atoms with E-state index in [0.29, 0.717) is 27.7 Å². The number of benzene rings is 2. The van der Waals surface area contributed by atoms with Crippen LogP contribution in [-0.2, 0) is 6.54 Å².